The van der Waals surface area contributed by atoms with E-state index in [-0.39, 0.29) is 29.2 Å². The van der Waals surface area contributed by atoms with Crippen molar-refractivity contribution in [2.24, 2.45) is 0 Å². The van der Waals surface area contributed by atoms with E-state index in [9.17, 15) is 9.18 Å². The van der Waals surface area contributed by atoms with E-state index in [0.29, 0.717) is 5.56 Å². The van der Waals surface area contributed by atoms with Gasteiger partial charge in [0, 0.05) is 11.3 Å². The van der Waals surface area contributed by atoms with E-state index in [0.717, 1.165) is 6.07 Å². The van der Waals surface area contributed by atoms with Crippen molar-refractivity contribution in [3.05, 3.63) is 58.9 Å². The topological polar surface area (TPSA) is 96.3 Å². The number of carbonyl (C=O) groups is 1. The maximum absolute atomic E-state index is 13.4. The summed E-state index contributed by atoms with van der Waals surface area (Å²) < 4.78 is 18.8. The fourth-order valence-electron chi connectivity index (χ4n) is 1.89. The Morgan fingerprint density at radius 3 is 2.71 bits per heavy atom. The first-order chi connectivity index (χ1) is 10.0. The van der Waals surface area contributed by atoms with Gasteiger partial charge in [0.2, 0.25) is 0 Å². The summed E-state index contributed by atoms with van der Waals surface area (Å²) >= 11 is 0. The average Bonchev–Trinajstić information content (AvgIpc) is 2.44. The van der Waals surface area contributed by atoms with Gasteiger partial charge in [-0.05, 0) is 18.2 Å². The third-order valence-corrected chi connectivity index (χ3v) is 2.87. The second kappa shape index (κ2) is 5.92. The first-order valence-corrected chi connectivity index (χ1v) is 5.96. The van der Waals surface area contributed by atoms with E-state index in [1.54, 1.807) is 18.2 Å². The lowest BCUT2D eigenvalue weighted by molar-refractivity contribution is 0.0695. The number of ether oxygens (including phenoxy) is 1. The van der Waals surface area contributed by atoms with Crippen molar-refractivity contribution in [3.63, 3.8) is 0 Å². The number of hydrogen-bond donors (Lipinski definition) is 2. The lowest BCUT2D eigenvalue weighted by Crippen LogP contribution is -2.09. The fraction of sp³-hybridized carbons (Fsp3) is 0.0667. The molecular formula is C15H11FN2O3. The zero-order chi connectivity index (χ0) is 15.4. The molecule has 0 amide bonds. The van der Waals surface area contributed by atoms with Crippen molar-refractivity contribution >= 4 is 11.7 Å². The molecule has 2 aromatic rings. The Bertz CT molecular complexity index is 738. The molecule has 0 aromatic heterocycles. The molecule has 0 unspecified atom stereocenters. The molecule has 2 aromatic carbocycles. The van der Waals surface area contributed by atoms with Gasteiger partial charge in [0.15, 0.2) is 0 Å². The Morgan fingerprint density at radius 1 is 1.33 bits per heavy atom. The number of benzene rings is 2. The fourth-order valence-corrected chi connectivity index (χ4v) is 1.89. The molecular weight excluding hydrogens is 275 g/mol. The number of hydrogen-bond acceptors (Lipinski definition) is 4. The molecule has 2 rings (SSSR count). The first-order valence-electron chi connectivity index (χ1n) is 5.96. The van der Waals surface area contributed by atoms with Gasteiger partial charge >= 0.3 is 5.97 Å². The van der Waals surface area contributed by atoms with Crippen LogP contribution in [0.15, 0.2) is 36.4 Å². The Morgan fingerprint density at radius 2 is 2.05 bits per heavy atom. The van der Waals surface area contributed by atoms with E-state index in [1.165, 1.54) is 18.2 Å². The summed E-state index contributed by atoms with van der Waals surface area (Å²) in [5.41, 5.74) is 5.79. The minimum atomic E-state index is -1.17. The highest BCUT2D eigenvalue weighted by Gasteiger charge is 2.15. The van der Waals surface area contributed by atoms with Crippen molar-refractivity contribution in [2.45, 2.75) is 6.61 Å². The predicted octanol–water partition coefficient (Wildman–Crippen LogP) is 2.56. The van der Waals surface area contributed by atoms with Crippen molar-refractivity contribution in [3.8, 4) is 11.8 Å². The Balaban J connectivity index is 2.30. The predicted molar refractivity (Wildman–Crippen MR) is 73.3 cm³/mol. The van der Waals surface area contributed by atoms with E-state index < -0.39 is 11.8 Å². The van der Waals surface area contributed by atoms with Crippen LogP contribution < -0.4 is 10.5 Å². The highest BCUT2D eigenvalue weighted by atomic mass is 19.1. The van der Waals surface area contributed by atoms with Gasteiger partial charge in [0.25, 0.3) is 0 Å². The van der Waals surface area contributed by atoms with Gasteiger partial charge in [-0.1, -0.05) is 18.2 Å². The number of nitrogen functional groups attached to an aromatic ring is 1. The monoisotopic (exact) mass is 286 g/mol. The third kappa shape index (κ3) is 2.92. The molecule has 0 radical (unpaired) electrons. The quantitative estimate of drug-likeness (QED) is 0.842. The molecule has 6 heteroatoms. The number of anilines is 1. The summed E-state index contributed by atoms with van der Waals surface area (Å²) in [6.45, 7) is -0.134. The smallest absolute Gasteiger partial charge is 0.338 e. The lowest BCUT2D eigenvalue weighted by atomic mass is 10.1. The Labute approximate surface area is 120 Å². The lowest BCUT2D eigenvalue weighted by Gasteiger charge is -2.11. The van der Waals surface area contributed by atoms with Gasteiger partial charge in [-0.15, -0.1) is 0 Å². The number of halogens is 1. The summed E-state index contributed by atoms with van der Waals surface area (Å²) in [5.74, 6) is -1.82. The molecule has 0 saturated carbocycles. The molecule has 0 atom stereocenters. The van der Waals surface area contributed by atoms with E-state index in [2.05, 4.69) is 0 Å². The Kier molecular flexibility index (Phi) is 4.05. The van der Waals surface area contributed by atoms with Gasteiger partial charge in [-0.25, -0.2) is 9.18 Å². The highest BCUT2D eigenvalue weighted by Crippen LogP contribution is 2.23. The van der Waals surface area contributed by atoms with Crippen LogP contribution in [0.4, 0.5) is 10.1 Å². The highest BCUT2D eigenvalue weighted by molar-refractivity contribution is 5.95. The van der Waals surface area contributed by atoms with Crippen molar-refractivity contribution in [1.29, 1.82) is 5.26 Å². The SMILES string of the molecule is N#Cc1c(F)cccc1OCc1cccc(N)c1C(=O)O. The first kappa shape index (κ1) is 14.3. The molecule has 0 heterocycles. The Hall–Kier alpha value is -3.07. The molecule has 5 nitrogen and oxygen atoms in total. The van der Waals surface area contributed by atoms with Gasteiger partial charge in [0.05, 0.1) is 5.56 Å². The molecule has 0 spiro atoms. The van der Waals surface area contributed by atoms with Gasteiger partial charge in [-0.3, -0.25) is 0 Å². The van der Waals surface area contributed by atoms with Crippen LogP contribution in [0.2, 0.25) is 0 Å². The van der Waals surface area contributed by atoms with Crippen molar-refractivity contribution in [1.82, 2.24) is 0 Å². The van der Waals surface area contributed by atoms with Gasteiger partial charge < -0.3 is 15.6 Å². The second-order valence-corrected chi connectivity index (χ2v) is 4.20. The number of rotatable bonds is 4. The minimum absolute atomic E-state index is 0.0521. The summed E-state index contributed by atoms with van der Waals surface area (Å²) in [7, 11) is 0. The van der Waals surface area contributed by atoms with Crippen LogP contribution in [-0.4, -0.2) is 11.1 Å². The van der Waals surface area contributed by atoms with Crippen LogP contribution >= 0.6 is 0 Å². The van der Waals surface area contributed by atoms with E-state index in [1.807, 2.05) is 0 Å². The molecule has 21 heavy (non-hydrogen) atoms. The number of nitrogens with two attached hydrogens (primary N) is 1. The molecule has 0 saturated heterocycles. The van der Waals surface area contributed by atoms with Crippen LogP contribution in [0.25, 0.3) is 0 Å². The minimum Gasteiger partial charge on any atom is -0.487 e. The van der Waals surface area contributed by atoms with Crippen LogP contribution in [0.1, 0.15) is 21.5 Å². The zero-order valence-corrected chi connectivity index (χ0v) is 10.8. The van der Waals surface area contributed by atoms with Crippen LogP contribution in [-0.2, 0) is 6.61 Å². The maximum Gasteiger partial charge on any atom is 0.338 e. The number of aromatic carboxylic acids is 1. The van der Waals surface area contributed by atoms with Gasteiger partial charge in [0.1, 0.15) is 29.8 Å². The summed E-state index contributed by atoms with van der Waals surface area (Å²) in [6.07, 6.45) is 0. The number of carboxylic acids is 1. The largest absolute Gasteiger partial charge is 0.487 e. The van der Waals surface area contributed by atoms with Crippen LogP contribution in [0.5, 0.6) is 5.75 Å². The summed E-state index contributed by atoms with van der Waals surface area (Å²) in [6, 6.07) is 10.3. The molecule has 0 aliphatic heterocycles. The average molecular weight is 286 g/mol. The normalized spacial score (nSPS) is 9.90. The molecule has 0 bridgehead atoms. The molecule has 0 aliphatic carbocycles. The molecule has 0 fully saturated rings. The van der Waals surface area contributed by atoms with E-state index in [4.69, 9.17) is 20.8 Å². The standard InChI is InChI=1S/C15H11FN2O3/c16-11-4-2-6-13(10(11)7-17)21-8-9-3-1-5-12(18)14(9)15(19)20/h1-6H,8,18H2,(H,19,20). The summed E-state index contributed by atoms with van der Waals surface area (Å²) in [4.78, 5) is 11.2. The number of nitrogens with zero attached hydrogens (tertiary/aromatic N) is 1. The number of carboxylic acid groups (broad SMARTS) is 1. The number of nitriles is 1. The maximum atomic E-state index is 13.4. The zero-order valence-electron chi connectivity index (χ0n) is 10.8. The van der Waals surface area contributed by atoms with Crippen LogP contribution in [0.3, 0.4) is 0 Å². The van der Waals surface area contributed by atoms with Gasteiger partial charge in [-0.2, -0.15) is 5.26 Å². The summed E-state index contributed by atoms with van der Waals surface area (Å²) in [5, 5.41) is 18.0. The molecule has 3 N–H and O–H groups in total. The molecule has 106 valence electrons. The van der Waals surface area contributed by atoms with Crippen molar-refractivity contribution < 1.29 is 19.0 Å². The molecule has 0 aliphatic rings. The van der Waals surface area contributed by atoms with Crippen molar-refractivity contribution in [2.75, 3.05) is 5.73 Å². The van der Waals surface area contributed by atoms with Crippen LogP contribution in [0, 0.1) is 17.1 Å². The third-order valence-electron chi connectivity index (χ3n) is 2.87. The van der Waals surface area contributed by atoms with E-state index >= 15 is 0 Å². The second-order valence-electron chi connectivity index (χ2n) is 4.20.